The monoisotopic (exact) mass is 266 g/mol. The van der Waals surface area contributed by atoms with Crippen molar-refractivity contribution in [3.63, 3.8) is 0 Å². The third-order valence-electron chi connectivity index (χ3n) is 1.94. The van der Waals surface area contributed by atoms with E-state index in [0.717, 1.165) is 0 Å². The van der Waals surface area contributed by atoms with Gasteiger partial charge < -0.3 is 5.11 Å². The van der Waals surface area contributed by atoms with Gasteiger partial charge in [0, 0.05) is 17.3 Å². The van der Waals surface area contributed by atoms with Crippen molar-refractivity contribution in [1.82, 2.24) is 9.97 Å². The minimum Gasteiger partial charge on any atom is -0.478 e. The lowest BCUT2D eigenvalue weighted by atomic mass is 10.2. The first kappa shape index (κ1) is 11.9. The Morgan fingerprint density at radius 2 is 2.18 bits per heavy atom. The number of halogens is 1. The summed E-state index contributed by atoms with van der Waals surface area (Å²) >= 11 is 7.08. The van der Waals surface area contributed by atoms with E-state index in [0.29, 0.717) is 9.92 Å². The first-order valence-corrected chi connectivity index (χ1v) is 5.83. The molecule has 1 aromatic carbocycles. The molecule has 0 bridgehead atoms. The van der Waals surface area contributed by atoms with Crippen LogP contribution in [0.5, 0.6) is 0 Å². The molecule has 0 atom stereocenters. The van der Waals surface area contributed by atoms with Crippen LogP contribution in [0.2, 0.25) is 5.02 Å². The van der Waals surface area contributed by atoms with E-state index in [9.17, 15) is 4.79 Å². The van der Waals surface area contributed by atoms with E-state index in [4.69, 9.17) is 16.7 Å². The van der Waals surface area contributed by atoms with E-state index in [1.807, 2.05) is 0 Å². The van der Waals surface area contributed by atoms with Crippen LogP contribution in [0.1, 0.15) is 10.4 Å². The lowest BCUT2D eigenvalue weighted by molar-refractivity contribution is 0.0693. The Kier molecular flexibility index (Phi) is 3.61. The largest absolute Gasteiger partial charge is 0.478 e. The number of nitrogens with zero attached hydrogens (tertiary/aromatic N) is 2. The normalized spacial score (nSPS) is 10.2. The fourth-order valence-corrected chi connectivity index (χ4v) is 2.46. The fourth-order valence-electron chi connectivity index (χ4n) is 1.25. The van der Waals surface area contributed by atoms with Crippen molar-refractivity contribution in [2.24, 2.45) is 0 Å². The quantitative estimate of drug-likeness (QED) is 0.925. The molecule has 0 saturated heterocycles. The SMILES string of the molecule is O=C(O)c1c(Cl)cccc1Sc1cnccn1. The molecule has 0 aliphatic rings. The van der Waals surface area contributed by atoms with Gasteiger partial charge in [-0.3, -0.25) is 4.98 Å². The van der Waals surface area contributed by atoms with E-state index in [-0.39, 0.29) is 10.6 Å². The number of benzene rings is 1. The molecule has 0 radical (unpaired) electrons. The highest BCUT2D eigenvalue weighted by Gasteiger charge is 2.15. The minimum atomic E-state index is -1.05. The third kappa shape index (κ3) is 2.75. The zero-order chi connectivity index (χ0) is 12.3. The number of carbonyl (C=O) groups is 1. The van der Waals surface area contributed by atoms with Gasteiger partial charge in [-0.1, -0.05) is 29.4 Å². The third-order valence-corrected chi connectivity index (χ3v) is 3.24. The number of aromatic nitrogens is 2. The summed E-state index contributed by atoms with van der Waals surface area (Å²) in [5.41, 5.74) is 0.0878. The van der Waals surface area contributed by atoms with Crippen LogP contribution in [0.15, 0.2) is 46.7 Å². The standard InChI is InChI=1S/C11H7ClN2O2S/c12-7-2-1-3-8(10(7)11(15)16)17-9-6-13-4-5-14-9/h1-6H,(H,15,16). The van der Waals surface area contributed by atoms with Gasteiger partial charge in [-0.05, 0) is 12.1 Å². The fraction of sp³-hybridized carbons (Fsp3) is 0. The summed E-state index contributed by atoms with van der Waals surface area (Å²) in [6.07, 6.45) is 4.67. The molecule has 0 fully saturated rings. The molecule has 0 spiro atoms. The van der Waals surface area contributed by atoms with Gasteiger partial charge in [-0.15, -0.1) is 0 Å². The molecule has 2 aromatic rings. The maximum atomic E-state index is 11.1. The Hall–Kier alpha value is -1.59. The van der Waals surface area contributed by atoms with Gasteiger partial charge in [0.05, 0.1) is 16.8 Å². The maximum absolute atomic E-state index is 11.1. The van der Waals surface area contributed by atoms with E-state index < -0.39 is 5.97 Å². The highest BCUT2D eigenvalue weighted by molar-refractivity contribution is 7.99. The Morgan fingerprint density at radius 1 is 1.35 bits per heavy atom. The van der Waals surface area contributed by atoms with Crippen LogP contribution in [0.4, 0.5) is 0 Å². The van der Waals surface area contributed by atoms with Crippen LogP contribution in [-0.4, -0.2) is 21.0 Å². The predicted octanol–water partition coefficient (Wildman–Crippen LogP) is 2.98. The van der Waals surface area contributed by atoms with Crippen LogP contribution in [0.3, 0.4) is 0 Å². The Balaban J connectivity index is 2.40. The zero-order valence-corrected chi connectivity index (χ0v) is 10.1. The molecule has 1 heterocycles. The molecule has 1 aromatic heterocycles. The van der Waals surface area contributed by atoms with Gasteiger partial charge in [0.15, 0.2) is 0 Å². The lowest BCUT2D eigenvalue weighted by Gasteiger charge is -2.06. The summed E-state index contributed by atoms with van der Waals surface area (Å²) in [5, 5.41) is 9.93. The summed E-state index contributed by atoms with van der Waals surface area (Å²) in [7, 11) is 0. The Bertz CT molecular complexity index is 548. The number of hydrogen-bond donors (Lipinski definition) is 1. The Labute approximate surface area is 107 Å². The summed E-state index contributed by atoms with van der Waals surface area (Å²) in [5.74, 6) is -1.05. The topological polar surface area (TPSA) is 63.1 Å². The zero-order valence-electron chi connectivity index (χ0n) is 8.50. The molecule has 0 amide bonds. The van der Waals surface area contributed by atoms with Gasteiger partial charge >= 0.3 is 5.97 Å². The Morgan fingerprint density at radius 3 is 2.82 bits per heavy atom. The summed E-state index contributed by atoms with van der Waals surface area (Å²) < 4.78 is 0. The number of carboxylic acid groups (broad SMARTS) is 1. The summed E-state index contributed by atoms with van der Waals surface area (Å²) in [6, 6.07) is 4.94. The number of aromatic carboxylic acids is 1. The highest BCUT2D eigenvalue weighted by atomic mass is 35.5. The maximum Gasteiger partial charge on any atom is 0.338 e. The van der Waals surface area contributed by atoms with Crippen LogP contribution in [0, 0.1) is 0 Å². The summed E-state index contributed by atoms with van der Waals surface area (Å²) in [4.78, 5) is 19.6. The first-order valence-electron chi connectivity index (χ1n) is 4.64. The molecular weight excluding hydrogens is 260 g/mol. The van der Waals surface area contributed by atoms with Crippen molar-refractivity contribution in [2.75, 3.05) is 0 Å². The van der Waals surface area contributed by atoms with Crippen molar-refractivity contribution in [2.45, 2.75) is 9.92 Å². The molecule has 6 heteroatoms. The second-order valence-corrected chi connectivity index (χ2v) is 4.53. The van der Waals surface area contributed by atoms with Gasteiger partial charge in [-0.2, -0.15) is 0 Å². The van der Waals surface area contributed by atoms with E-state index in [2.05, 4.69) is 9.97 Å². The molecule has 0 aliphatic carbocycles. The van der Waals surface area contributed by atoms with E-state index >= 15 is 0 Å². The van der Waals surface area contributed by atoms with E-state index in [1.54, 1.807) is 36.8 Å². The van der Waals surface area contributed by atoms with Crippen molar-refractivity contribution >= 4 is 29.3 Å². The second-order valence-electron chi connectivity index (χ2n) is 3.06. The minimum absolute atomic E-state index is 0.0878. The van der Waals surface area contributed by atoms with Gasteiger partial charge in [-0.25, -0.2) is 9.78 Å². The average Bonchev–Trinajstić information content (AvgIpc) is 2.30. The first-order chi connectivity index (χ1) is 8.18. The van der Waals surface area contributed by atoms with Gasteiger partial charge in [0.2, 0.25) is 0 Å². The van der Waals surface area contributed by atoms with Crippen LogP contribution >= 0.6 is 23.4 Å². The van der Waals surface area contributed by atoms with Crippen molar-refractivity contribution in [1.29, 1.82) is 0 Å². The average molecular weight is 267 g/mol. The molecule has 17 heavy (non-hydrogen) atoms. The number of rotatable bonds is 3. The molecule has 0 aliphatic heterocycles. The predicted molar refractivity (Wildman–Crippen MR) is 64.6 cm³/mol. The number of hydrogen-bond acceptors (Lipinski definition) is 4. The molecule has 0 unspecified atom stereocenters. The molecule has 1 N–H and O–H groups in total. The molecule has 86 valence electrons. The van der Waals surface area contributed by atoms with Gasteiger partial charge in [0.1, 0.15) is 5.03 Å². The molecular formula is C11H7ClN2O2S. The van der Waals surface area contributed by atoms with Crippen LogP contribution < -0.4 is 0 Å². The van der Waals surface area contributed by atoms with Gasteiger partial charge in [0.25, 0.3) is 0 Å². The van der Waals surface area contributed by atoms with Crippen molar-refractivity contribution < 1.29 is 9.90 Å². The summed E-state index contributed by atoms with van der Waals surface area (Å²) in [6.45, 7) is 0. The molecule has 0 saturated carbocycles. The smallest absolute Gasteiger partial charge is 0.338 e. The van der Waals surface area contributed by atoms with Crippen molar-refractivity contribution in [3.05, 3.63) is 47.4 Å². The lowest BCUT2D eigenvalue weighted by Crippen LogP contribution is -2.00. The van der Waals surface area contributed by atoms with E-state index in [1.165, 1.54) is 11.8 Å². The second kappa shape index (κ2) is 5.16. The van der Waals surface area contributed by atoms with Crippen LogP contribution in [-0.2, 0) is 0 Å². The molecule has 2 rings (SSSR count). The van der Waals surface area contributed by atoms with Crippen LogP contribution in [0.25, 0.3) is 0 Å². The molecule has 4 nitrogen and oxygen atoms in total. The number of carboxylic acids is 1. The highest BCUT2D eigenvalue weighted by Crippen LogP contribution is 2.32. The van der Waals surface area contributed by atoms with Crippen molar-refractivity contribution in [3.8, 4) is 0 Å².